The first-order valence-electron chi connectivity index (χ1n) is 9.49. The second-order valence-corrected chi connectivity index (χ2v) is 7.22. The Morgan fingerprint density at radius 1 is 1.10 bits per heavy atom. The number of amides is 4. The SMILES string of the molecule is CCOc1ccc([C@@]2(C)NC(=O)N(CC(=O)Nc3c(C)cccc3C)C2=O)cc1. The maximum atomic E-state index is 13.0. The largest absolute Gasteiger partial charge is 0.494 e. The molecule has 0 unspecified atom stereocenters. The second-order valence-electron chi connectivity index (χ2n) is 7.22. The zero-order valence-corrected chi connectivity index (χ0v) is 17.0. The van der Waals surface area contributed by atoms with Crippen LogP contribution in [0, 0.1) is 13.8 Å². The predicted octanol–water partition coefficient (Wildman–Crippen LogP) is 3.11. The average molecular weight is 395 g/mol. The van der Waals surface area contributed by atoms with Gasteiger partial charge >= 0.3 is 6.03 Å². The van der Waals surface area contributed by atoms with Crippen molar-refractivity contribution in [2.75, 3.05) is 18.5 Å². The fourth-order valence-electron chi connectivity index (χ4n) is 3.42. The van der Waals surface area contributed by atoms with Gasteiger partial charge in [0.1, 0.15) is 17.8 Å². The van der Waals surface area contributed by atoms with Crippen molar-refractivity contribution >= 4 is 23.5 Å². The number of rotatable bonds is 6. The summed E-state index contributed by atoms with van der Waals surface area (Å²) in [5.74, 6) is -0.216. The van der Waals surface area contributed by atoms with E-state index >= 15 is 0 Å². The van der Waals surface area contributed by atoms with E-state index in [1.54, 1.807) is 31.2 Å². The van der Waals surface area contributed by atoms with Gasteiger partial charge < -0.3 is 15.4 Å². The zero-order chi connectivity index (χ0) is 21.2. The van der Waals surface area contributed by atoms with Crippen molar-refractivity contribution in [1.29, 1.82) is 0 Å². The lowest BCUT2D eigenvalue weighted by atomic mass is 9.92. The lowest BCUT2D eigenvalue weighted by Crippen LogP contribution is -2.42. The van der Waals surface area contributed by atoms with Crippen LogP contribution in [0.2, 0.25) is 0 Å². The van der Waals surface area contributed by atoms with Gasteiger partial charge in [-0.15, -0.1) is 0 Å². The van der Waals surface area contributed by atoms with Crippen LogP contribution in [0.5, 0.6) is 5.75 Å². The van der Waals surface area contributed by atoms with Gasteiger partial charge in [0, 0.05) is 5.69 Å². The summed E-state index contributed by atoms with van der Waals surface area (Å²) in [5, 5.41) is 5.51. The third kappa shape index (κ3) is 3.94. The van der Waals surface area contributed by atoms with Gasteiger partial charge in [0.05, 0.1) is 6.61 Å². The first-order valence-corrected chi connectivity index (χ1v) is 9.49. The molecule has 4 amide bonds. The molecule has 2 aromatic carbocycles. The van der Waals surface area contributed by atoms with Gasteiger partial charge in [0.15, 0.2) is 0 Å². The molecule has 1 atom stereocenters. The van der Waals surface area contributed by atoms with Crippen molar-refractivity contribution in [1.82, 2.24) is 10.2 Å². The van der Waals surface area contributed by atoms with E-state index in [2.05, 4.69) is 10.6 Å². The molecule has 29 heavy (non-hydrogen) atoms. The Balaban J connectivity index is 1.75. The standard InChI is InChI=1S/C22H25N3O4/c1-5-29-17-11-9-16(10-12-17)22(4)20(27)25(21(28)24-22)13-18(26)23-19-14(2)7-6-8-15(19)3/h6-12H,5,13H2,1-4H3,(H,23,26)(H,24,28)/t22-/m1/s1. The number of ether oxygens (including phenoxy) is 1. The first kappa shape index (κ1) is 20.4. The average Bonchev–Trinajstić information content (AvgIpc) is 2.90. The number of benzene rings is 2. The van der Waals surface area contributed by atoms with Crippen LogP contribution in [0.4, 0.5) is 10.5 Å². The van der Waals surface area contributed by atoms with Gasteiger partial charge in [-0.25, -0.2) is 4.79 Å². The van der Waals surface area contributed by atoms with E-state index < -0.39 is 23.4 Å². The van der Waals surface area contributed by atoms with E-state index in [9.17, 15) is 14.4 Å². The van der Waals surface area contributed by atoms with E-state index in [-0.39, 0.29) is 6.54 Å². The summed E-state index contributed by atoms with van der Waals surface area (Å²) < 4.78 is 5.42. The summed E-state index contributed by atoms with van der Waals surface area (Å²) in [6.07, 6.45) is 0. The third-order valence-corrected chi connectivity index (χ3v) is 5.06. The minimum Gasteiger partial charge on any atom is -0.494 e. The molecule has 1 heterocycles. The normalized spacial score (nSPS) is 18.6. The van der Waals surface area contributed by atoms with Crippen LogP contribution in [-0.2, 0) is 15.1 Å². The van der Waals surface area contributed by atoms with E-state index in [4.69, 9.17) is 4.74 Å². The van der Waals surface area contributed by atoms with Crippen LogP contribution in [-0.4, -0.2) is 35.9 Å². The molecule has 0 bridgehead atoms. The lowest BCUT2D eigenvalue weighted by molar-refractivity contribution is -0.133. The van der Waals surface area contributed by atoms with Gasteiger partial charge in [-0.1, -0.05) is 30.3 Å². The van der Waals surface area contributed by atoms with Gasteiger partial charge in [0.25, 0.3) is 5.91 Å². The number of hydrogen-bond donors (Lipinski definition) is 2. The highest BCUT2D eigenvalue weighted by Gasteiger charge is 2.49. The molecule has 0 aliphatic carbocycles. The van der Waals surface area contributed by atoms with Gasteiger partial charge in [0.2, 0.25) is 5.91 Å². The Kier molecular flexibility index (Phi) is 5.59. The molecule has 0 radical (unpaired) electrons. The number of nitrogens with zero attached hydrogens (tertiary/aromatic N) is 1. The Bertz CT molecular complexity index is 935. The summed E-state index contributed by atoms with van der Waals surface area (Å²) in [5.41, 5.74) is 1.90. The lowest BCUT2D eigenvalue weighted by Gasteiger charge is -2.22. The number of aryl methyl sites for hydroxylation is 2. The Morgan fingerprint density at radius 2 is 1.72 bits per heavy atom. The molecule has 0 saturated carbocycles. The monoisotopic (exact) mass is 395 g/mol. The molecule has 2 N–H and O–H groups in total. The van der Waals surface area contributed by atoms with Gasteiger partial charge in [-0.05, 0) is 56.5 Å². The summed E-state index contributed by atoms with van der Waals surface area (Å²) in [6, 6.07) is 12.1. The molecule has 7 heteroatoms. The van der Waals surface area contributed by atoms with Crippen LogP contribution in [0.3, 0.4) is 0 Å². The highest BCUT2D eigenvalue weighted by Crippen LogP contribution is 2.30. The smallest absolute Gasteiger partial charge is 0.325 e. The van der Waals surface area contributed by atoms with Crippen LogP contribution < -0.4 is 15.4 Å². The van der Waals surface area contributed by atoms with Crippen LogP contribution in [0.25, 0.3) is 0 Å². The molecule has 1 aliphatic heterocycles. The van der Waals surface area contributed by atoms with Gasteiger partial charge in [-0.2, -0.15) is 0 Å². The predicted molar refractivity (Wildman–Crippen MR) is 110 cm³/mol. The van der Waals surface area contributed by atoms with Crippen LogP contribution in [0.15, 0.2) is 42.5 Å². The molecular formula is C22H25N3O4. The number of para-hydroxylation sites is 1. The van der Waals surface area contributed by atoms with E-state index in [0.717, 1.165) is 16.0 Å². The molecule has 7 nitrogen and oxygen atoms in total. The molecule has 0 aromatic heterocycles. The number of urea groups is 1. The number of nitrogens with one attached hydrogen (secondary N) is 2. The summed E-state index contributed by atoms with van der Waals surface area (Å²) in [6.45, 7) is 7.48. The molecule has 1 aliphatic rings. The minimum atomic E-state index is -1.24. The highest BCUT2D eigenvalue weighted by molar-refractivity contribution is 6.10. The van der Waals surface area contributed by atoms with Crippen molar-refractivity contribution in [2.45, 2.75) is 33.2 Å². The summed E-state index contributed by atoms with van der Waals surface area (Å²) in [4.78, 5) is 38.9. The highest BCUT2D eigenvalue weighted by atomic mass is 16.5. The van der Waals surface area contributed by atoms with Crippen molar-refractivity contribution in [3.8, 4) is 5.75 Å². The Morgan fingerprint density at radius 3 is 2.31 bits per heavy atom. The van der Waals surface area contributed by atoms with E-state index in [1.165, 1.54) is 0 Å². The Labute approximate surface area is 170 Å². The molecule has 3 rings (SSSR count). The first-order chi connectivity index (χ1) is 13.8. The third-order valence-electron chi connectivity index (χ3n) is 5.06. The number of anilines is 1. The van der Waals surface area contributed by atoms with Crippen molar-refractivity contribution in [2.24, 2.45) is 0 Å². The molecule has 2 aromatic rings. The second kappa shape index (κ2) is 7.95. The summed E-state index contributed by atoms with van der Waals surface area (Å²) in [7, 11) is 0. The minimum absolute atomic E-state index is 0.356. The maximum Gasteiger partial charge on any atom is 0.325 e. The number of imide groups is 1. The fourth-order valence-corrected chi connectivity index (χ4v) is 3.42. The molecule has 152 valence electrons. The maximum absolute atomic E-state index is 13.0. The quantitative estimate of drug-likeness (QED) is 0.736. The molecule has 1 fully saturated rings. The number of carbonyl (C=O) groups excluding carboxylic acids is 3. The van der Waals surface area contributed by atoms with Crippen molar-refractivity contribution in [3.05, 3.63) is 59.2 Å². The number of hydrogen-bond acceptors (Lipinski definition) is 4. The molecule has 1 saturated heterocycles. The van der Waals surface area contributed by atoms with Crippen molar-refractivity contribution < 1.29 is 19.1 Å². The molecule has 0 spiro atoms. The van der Waals surface area contributed by atoms with E-state index in [0.29, 0.717) is 23.6 Å². The topological polar surface area (TPSA) is 87.7 Å². The fraction of sp³-hybridized carbons (Fsp3) is 0.318. The summed E-state index contributed by atoms with van der Waals surface area (Å²) >= 11 is 0. The van der Waals surface area contributed by atoms with Crippen LogP contribution in [0.1, 0.15) is 30.5 Å². The number of carbonyl (C=O) groups is 3. The zero-order valence-electron chi connectivity index (χ0n) is 17.0. The van der Waals surface area contributed by atoms with Gasteiger partial charge in [-0.3, -0.25) is 14.5 Å². The van der Waals surface area contributed by atoms with E-state index in [1.807, 2.05) is 39.0 Å². The Hall–Kier alpha value is -3.35. The van der Waals surface area contributed by atoms with Crippen LogP contribution >= 0.6 is 0 Å². The molecular weight excluding hydrogens is 370 g/mol. The van der Waals surface area contributed by atoms with Crippen molar-refractivity contribution in [3.63, 3.8) is 0 Å².